The summed E-state index contributed by atoms with van der Waals surface area (Å²) in [6.07, 6.45) is -8.54. The van der Waals surface area contributed by atoms with E-state index in [4.69, 9.17) is 23.2 Å². The molecule has 3 nitrogen and oxygen atoms in total. The van der Waals surface area contributed by atoms with E-state index in [0.717, 1.165) is 0 Å². The maximum Gasteiger partial charge on any atom is 0.418 e. The van der Waals surface area contributed by atoms with Gasteiger partial charge in [-0.25, -0.2) is 4.98 Å². The molecule has 0 aliphatic rings. The first kappa shape index (κ1) is 21.5. The molecule has 1 N–H and O–H groups in total. The van der Waals surface area contributed by atoms with Crippen molar-refractivity contribution in [3.05, 3.63) is 69.8 Å². The number of alkyl halides is 6. The van der Waals surface area contributed by atoms with Gasteiger partial charge in [0.05, 0.1) is 32.4 Å². The quantitative estimate of drug-likeness (QED) is 0.302. The van der Waals surface area contributed by atoms with Gasteiger partial charge >= 0.3 is 12.4 Å². The second-order valence-corrected chi connectivity index (χ2v) is 7.41. The van der Waals surface area contributed by atoms with Crippen LogP contribution in [0.2, 0.25) is 10.0 Å². The van der Waals surface area contributed by atoms with Crippen LogP contribution in [0.1, 0.15) is 11.1 Å². The lowest BCUT2D eigenvalue weighted by Gasteiger charge is -2.11. The number of halogens is 8. The SMILES string of the molecule is FC(F)(F)c1cc(C(F)(F)F)c2nc(-c3ccc(-c4ncc(Cl)cc4Cl)cc3)[nH]c2c1. The van der Waals surface area contributed by atoms with E-state index in [1.807, 2.05) is 0 Å². The molecule has 4 aromatic rings. The van der Waals surface area contributed by atoms with Gasteiger partial charge in [0, 0.05) is 17.3 Å². The Morgan fingerprint density at radius 3 is 2.03 bits per heavy atom. The van der Waals surface area contributed by atoms with Gasteiger partial charge in [0.2, 0.25) is 0 Å². The van der Waals surface area contributed by atoms with E-state index in [2.05, 4.69) is 15.0 Å². The van der Waals surface area contributed by atoms with E-state index in [0.29, 0.717) is 32.9 Å². The normalized spacial score (nSPS) is 12.5. The van der Waals surface area contributed by atoms with Crippen LogP contribution in [0.4, 0.5) is 26.3 Å². The van der Waals surface area contributed by atoms with Crippen LogP contribution in [0.25, 0.3) is 33.7 Å². The van der Waals surface area contributed by atoms with Gasteiger partial charge in [0.1, 0.15) is 11.3 Å². The van der Waals surface area contributed by atoms with Crippen LogP contribution in [-0.2, 0) is 12.4 Å². The molecule has 11 heteroatoms. The number of nitrogens with one attached hydrogen (secondary N) is 1. The molecule has 0 bridgehead atoms. The molecule has 0 saturated carbocycles. The Balaban J connectivity index is 1.80. The Morgan fingerprint density at radius 2 is 1.45 bits per heavy atom. The van der Waals surface area contributed by atoms with Crippen molar-refractivity contribution >= 4 is 34.2 Å². The highest BCUT2D eigenvalue weighted by atomic mass is 35.5. The first-order valence-electron chi connectivity index (χ1n) is 8.53. The first-order valence-corrected chi connectivity index (χ1v) is 9.29. The average molecular weight is 476 g/mol. The summed E-state index contributed by atoms with van der Waals surface area (Å²) in [7, 11) is 0. The molecule has 31 heavy (non-hydrogen) atoms. The second kappa shape index (κ2) is 7.42. The molecule has 160 valence electrons. The fourth-order valence-corrected chi connectivity index (χ4v) is 3.54. The van der Waals surface area contributed by atoms with Crippen LogP contribution in [0.5, 0.6) is 0 Å². The molecule has 2 heterocycles. The summed E-state index contributed by atoms with van der Waals surface area (Å²) >= 11 is 11.9. The number of imidazole rings is 1. The van der Waals surface area contributed by atoms with E-state index >= 15 is 0 Å². The van der Waals surface area contributed by atoms with Crippen LogP contribution < -0.4 is 0 Å². The van der Waals surface area contributed by atoms with E-state index in [-0.39, 0.29) is 17.4 Å². The van der Waals surface area contributed by atoms with Crippen LogP contribution >= 0.6 is 23.2 Å². The number of hydrogen-bond acceptors (Lipinski definition) is 2. The van der Waals surface area contributed by atoms with Gasteiger partial charge in [0.15, 0.2) is 0 Å². The Bertz CT molecular complexity index is 1280. The van der Waals surface area contributed by atoms with Crippen molar-refractivity contribution in [1.29, 1.82) is 0 Å². The Hall–Kier alpha value is -2.78. The Morgan fingerprint density at radius 1 is 0.806 bits per heavy atom. The topological polar surface area (TPSA) is 41.6 Å². The molecule has 2 aromatic heterocycles. The van der Waals surface area contributed by atoms with Crippen LogP contribution in [0, 0.1) is 0 Å². The minimum absolute atomic E-state index is 0.0125. The molecular formula is C20H9Cl2F6N3. The highest BCUT2D eigenvalue weighted by Crippen LogP contribution is 2.40. The van der Waals surface area contributed by atoms with Crippen molar-refractivity contribution in [2.24, 2.45) is 0 Å². The predicted octanol–water partition coefficient (Wildman–Crippen LogP) is 7.64. The number of aromatic nitrogens is 3. The van der Waals surface area contributed by atoms with E-state index in [9.17, 15) is 26.3 Å². The summed E-state index contributed by atoms with van der Waals surface area (Å²) in [6, 6.07) is 8.47. The fourth-order valence-electron chi connectivity index (χ4n) is 3.05. The van der Waals surface area contributed by atoms with Crippen molar-refractivity contribution in [1.82, 2.24) is 15.0 Å². The number of rotatable bonds is 2. The van der Waals surface area contributed by atoms with Crippen molar-refractivity contribution in [3.63, 3.8) is 0 Å². The summed E-state index contributed by atoms with van der Waals surface area (Å²) in [4.78, 5) is 10.6. The second-order valence-electron chi connectivity index (χ2n) is 6.56. The number of aromatic amines is 1. The van der Waals surface area contributed by atoms with Gasteiger partial charge in [-0.15, -0.1) is 0 Å². The standard InChI is InChI=1S/C20H9Cl2F6N3/c21-12-7-14(22)16(29-8-12)9-1-3-10(4-2-9)18-30-15-6-11(19(23,24)25)5-13(17(15)31-18)20(26,27)28/h1-8H,(H,30,31). The molecule has 0 aliphatic heterocycles. The van der Waals surface area contributed by atoms with Gasteiger partial charge < -0.3 is 4.98 Å². The van der Waals surface area contributed by atoms with Gasteiger partial charge in [-0.05, 0) is 18.2 Å². The molecule has 0 amide bonds. The molecule has 0 saturated heterocycles. The van der Waals surface area contributed by atoms with Crippen LogP contribution in [-0.4, -0.2) is 15.0 Å². The zero-order valence-corrected chi connectivity index (χ0v) is 16.5. The molecule has 0 unspecified atom stereocenters. The number of hydrogen-bond donors (Lipinski definition) is 1. The van der Waals surface area contributed by atoms with E-state index in [1.165, 1.54) is 24.4 Å². The summed E-state index contributed by atoms with van der Waals surface area (Å²) in [6.45, 7) is 0. The minimum Gasteiger partial charge on any atom is -0.338 e. The molecule has 0 fully saturated rings. The number of fused-ring (bicyclic) bond motifs is 1. The highest BCUT2D eigenvalue weighted by Gasteiger charge is 2.39. The smallest absolute Gasteiger partial charge is 0.338 e. The summed E-state index contributed by atoms with van der Waals surface area (Å²) < 4.78 is 79.2. The third kappa shape index (κ3) is 4.20. The summed E-state index contributed by atoms with van der Waals surface area (Å²) in [5, 5.41) is 0.657. The number of benzene rings is 2. The molecule has 2 aromatic carbocycles. The van der Waals surface area contributed by atoms with Crippen LogP contribution in [0.15, 0.2) is 48.7 Å². The largest absolute Gasteiger partial charge is 0.418 e. The van der Waals surface area contributed by atoms with Crippen molar-refractivity contribution in [2.45, 2.75) is 12.4 Å². The fraction of sp³-hybridized carbons (Fsp3) is 0.100. The van der Waals surface area contributed by atoms with Gasteiger partial charge in [0.25, 0.3) is 0 Å². The molecule has 0 aliphatic carbocycles. The molecule has 0 atom stereocenters. The lowest BCUT2D eigenvalue weighted by Crippen LogP contribution is -2.11. The van der Waals surface area contributed by atoms with Gasteiger partial charge in [-0.1, -0.05) is 47.5 Å². The van der Waals surface area contributed by atoms with E-state index in [1.54, 1.807) is 12.1 Å². The Labute approximate surface area is 180 Å². The molecule has 0 radical (unpaired) electrons. The Kier molecular flexibility index (Phi) is 5.13. The molecular weight excluding hydrogens is 467 g/mol. The third-order valence-corrected chi connectivity index (χ3v) is 4.95. The number of pyridine rings is 1. The summed E-state index contributed by atoms with van der Waals surface area (Å²) in [5.41, 5.74) is -2.43. The predicted molar refractivity (Wildman–Crippen MR) is 105 cm³/mol. The zero-order valence-electron chi connectivity index (χ0n) is 15.0. The van der Waals surface area contributed by atoms with Crippen molar-refractivity contribution in [2.75, 3.05) is 0 Å². The lowest BCUT2D eigenvalue weighted by molar-refractivity contribution is -0.142. The first-order chi connectivity index (χ1) is 14.4. The summed E-state index contributed by atoms with van der Waals surface area (Å²) in [5.74, 6) is -0.0125. The van der Waals surface area contributed by atoms with Crippen LogP contribution in [0.3, 0.4) is 0 Å². The van der Waals surface area contributed by atoms with Gasteiger partial charge in [-0.3, -0.25) is 4.98 Å². The molecule has 0 spiro atoms. The third-order valence-electron chi connectivity index (χ3n) is 4.46. The maximum absolute atomic E-state index is 13.4. The minimum atomic E-state index is -5.01. The maximum atomic E-state index is 13.4. The van der Waals surface area contributed by atoms with E-state index < -0.39 is 29.0 Å². The van der Waals surface area contributed by atoms with Crippen molar-refractivity contribution < 1.29 is 26.3 Å². The zero-order chi connectivity index (χ0) is 22.6. The highest BCUT2D eigenvalue weighted by molar-refractivity contribution is 6.36. The van der Waals surface area contributed by atoms with Crippen molar-refractivity contribution in [3.8, 4) is 22.6 Å². The van der Waals surface area contributed by atoms with Gasteiger partial charge in [-0.2, -0.15) is 26.3 Å². The lowest BCUT2D eigenvalue weighted by atomic mass is 10.1. The molecule has 4 rings (SSSR count). The average Bonchev–Trinajstić information content (AvgIpc) is 3.10. The number of H-pyrrole nitrogens is 1. The number of nitrogens with zero attached hydrogens (tertiary/aromatic N) is 2. The monoisotopic (exact) mass is 475 g/mol.